The Hall–Kier alpha value is -4.38. The number of allylic oxidation sites excluding steroid dienone is 1. The molecular weight excluding hydrogens is 560 g/mol. The number of benzene rings is 2. The van der Waals surface area contributed by atoms with Crippen molar-refractivity contribution in [2.75, 3.05) is 26.9 Å². The van der Waals surface area contributed by atoms with Crippen LogP contribution in [0.1, 0.15) is 51.8 Å². The summed E-state index contributed by atoms with van der Waals surface area (Å²) < 4.78 is 29.3. The summed E-state index contributed by atoms with van der Waals surface area (Å²) in [6.07, 6.45) is 1.60. The van der Waals surface area contributed by atoms with Crippen LogP contribution in [0, 0.1) is 0 Å². The van der Waals surface area contributed by atoms with Gasteiger partial charge in [0.1, 0.15) is 11.8 Å². The topological polar surface area (TPSA) is 115 Å². The van der Waals surface area contributed by atoms with E-state index in [1.807, 2.05) is 45.0 Å². The van der Waals surface area contributed by atoms with Crippen LogP contribution in [0.5, 0.6) is 17.2 Å². The summed E-state index contributed by atoms with van der Waals surface area (Å²) in [4.78, 5) is 43.9. The minimum absolute atomic E-state index is 0.128. The van der Waals surface area contributed by atoms with Gasteiger partial charge < -0.3 is 23.7 Å². The number of methoxy groups -OCH3 is 1. The van der Waals surface area contributed by atoms with Crippen molar-refractivity contribution in [3.8, 4) is 17.2 Å². The molecule has 222 valence electrons. The molecule has 42 heavy (non-hydrogen) atoms. The van der Waals surface area contributed by atoms with Crippen LogP contribution in [0.3, 0.4) is 0 Å². The van der Waals surface area contributed by atoms with Crippen LogP contribution in [-0.2, 0) is 19.1 Å². The van der Waals surface area contributed by atoms with Gasteiger partial charge in [-0.3, -0.25) is 9.36 Å². The predicted molar refractivity (Wildman–Crippen MR) is 158 cm³/mol. The SMILES string of the molecule is CCOC(=O)C1=C(C)N=c2s/c(=C\c3ccc(OCC(=O)OC)c(OCC)c3)c(=O)n2[C@@H]1c1ccccc1OC(C)C. The highest BCUT2D eigenvalue weighted by Gasteiger charge is 2.35. The molecule has 0 saturated heterocycles. The molecule has 3 aromatic rings. The number of fused-ring (bicyclic) bond motifs is 1. The lowest BCUT2D eigenvalue weighted by Crippen LogP contribution is -2.40. The predicted octanol–water partition coefficient (Wildman–Crippen LogP) is 3.54. The van der Waals surface area contributed by atoms with E-state index in [0.29, 0.717) is 50.0 Å². The summed E-state index contributed by atoms with van der Waals surface area (Å²) in [6, 6.07) is 11.7. The largest absolute Gasteiger partial charge is 0.491 e. The van der Waals surface area contributed by atoms with Crippen LogP contribution < -0.4 is 29.1 Å². The Balaban J connectivity index is 1.87. The third-order valence-corrected chi connectivity index (χ3v) is 7.21. The number of carbonyl (C=O) groups is 2. The molecule has 10 nitrogen and oxygen atoms in total. The van der Waals surface area contributed by atoms with Crippen LogP contribution in [0.2, 0.25) is 0 Å². The maximum atomic E-state index is 14.0. The molecule has 4 rings (SSSR count). The van der Waals surface area contributed by atoms with Crippen LogP contribution in [0.25, 0.3) is 6.08 Å². The van der Waals surface area contributed by atoms with E-state index in [4.69, 9.17) is 18.9 Å². The van der Waals surface area contributed by atoms with Gasteiger partial charge in [0.2, 0.25) is 0 Å². The fourth-order valence-electron chi connectivity index (χ4n) is 4.50. The highest BCUT2D eigenvalue weighted by Crippen LogP contribution is 2.36. The molecule has 0 unspecified atom stereocenters. The van der Waals surface area contributed by atoms with Crippen molar-refractivity contribution in [2.24, 2.45) is 4.99 Å². The van der Waals surface area contributed by atoms with E-state index >= 15 is 0 Å². The minimum Gasteiger partial charge on any atom is -0.491 e. The zero-order valence-electron chi connectivity index (χ0n) is 24.5. The van der Waals surface area contributed by atoms with E-state index in [1.54, 1.807) is 38.1 Å². The summed E-state index contributed by atoms with van der Waals surface area (Å²) in [6.45, 7) is 9.42. The Kier molecular flexibility index (Phi) is 9.84. The lowest BCUT2D eigenvalue weighted by Gasteiger charge is -2.26. The fraction of sp³-hybridized carbons (Fsp3) is 0.355. The second-order valence-electron chi connectivity index (χ2n) is 9.51. The summed E-state index contributed by atoms with van der Waals surface area (Å²) in [5.41, 5.74) is 1.76. The van der Waals surface area contributed by atoms with Gasteiger partial charge >= 0.3 is 11.9 Å². The molecule has 2 aromatic carbocycles. The Labute approximate surface area is 247 Å². The Morgan fingerprint density at radius 1 is 1.05 bits per heavy atom. The zero-order chi connectivity index (χ0) is 30.4. The maximum Gasteiger partial charge on any atom is 0.343 e. The first-order chi connectivity index (χ1) is 20.2. The molecule has 1 aliphatic rings. The molecule has 2 heterocycles. The number of hydrogen-bond acceptors (Lipinski definition) is 10. The number of thiazole rings is 1. The average Bonchev–Trinajstić information content (AvgIpc) is 3.25. The van der Waals surface area contributed by atoms with Crippen LogP contribution in [-0.4, -0.2) is 49.5 Å². The number of rotatable bonds is 11. The number of para-hydroxylation sites is 1. The first kappa shape index (κ1) is 30.6. The van der Waals surface area contributed by atoms with Crippen LogP contribution in [0.15, 0.2) is 63.5 Å². The van der Waals surface area contributed by atoms with Crippen molar-refractivity contribution in [2.45, 2.75) is 46.8 Å². The van der Waals surface area contributed by atoms with E-state index < -0.39 is 18.0 Å². The van der Waals surface area contributed by atoms with Gasteiger partial charge in [-0.2, -0.15) is 0 Å². The first-order valence-corrected chi connectivity index (χ1v) is 14.4. The number of nitrogens with zero attached hydrogens (tertiary/aromatic N) is 2. The van der Waals surface area contributed by atoms with Gasteiger partial charge in [0.15, 0.2) is 22.9 Å². The molecule has 1 aromatic heterocycles. The molecule has 0 aliphatic carbocycles. The van der Waals surface area contributed by atoms with Gasteiger partial charge in [-0.05, 0) is 64.5 Å². The molecule has 0 fully saturated rings. The molecule has 1 aliphatic heterocycles. The van der Waals surface area contributed by atoms with Gasteiger partial charge in [0.25, 0.3) is 5.56 Å². The third kappa shape index (κ3) is 6.57. The van der Waals surface area contributed by atoms with E-state index in [-0.39, 0.29) is 30.5 Å². The van der Waals surface area contributed by atoms with Gasteiger partial charge in [0.05, 0.1) is 42.2 Å². The summed E-state index contributed by atoms with van der Waals surface area (Å²) in [5, 5.41) is 0. The van der Waals surface area contributed by atoms with Crippen molar-refractivity contribution >= 4 is 29.4 Å². The number of aromatic nitrogens is 1. The Morgan fingerprint density at radius 3 is 2.50 bits per heavy atom. The molecular formula is C31H34N2O8S. The van der Waals surface area contributed by atoms with Gasteiger partial charge in [-0.1, -0.05) is 35.6 Å². The van der Waals surface area contributed by atoms with E-state index in [0.717, 1.165) is 0 Å². The minimum atomic E-state index is -0.800. The molecule has 0 saturated carbocycles. The van der Waals surface area contributed by atoms with Crippen molar-refractivity contribution in [3.63, 3.8) is 0 Å². The Morgan fingerprint density at radius 2 is 1.81 bits per heavy atom. The highest BCUT2D eigenvalue weighted by atomic mass is 32.1. The molecule has 0 radical (unpaired) electrons. The molecule has 0 bridgehead atoms. The summed E-state index contributed by atoms with van der Waals surface area (Å²) in [7, 11) is 1.28. The second-order valence-corrected chi connectivity index (χ2v) is 10.5. The fourth-order valence-corrected chi connectivity index (χ4v) is 5.55. The average molecular weight is 595 g/mol. The van der Waals surface area contributed by atoms with E-state index in [9.17, 15) is 14.4 Å². The smallest absolute Gasteiger partial charge is 0.343 e. The normalized spacial score (nSPS) is 14.7. The number of ether oxygens (including phenoxy) is 5. The maximum absolute atomic E-state index is 14.0. The number of hydrogen-bond donors (Lipinski definition) is 0. The number of carbonyl (C=O) groups excluding carboxylic acids is 2. The standard InChI is InChI=1S/C31H34N2O8S/c1-7-38-24-15-20(13-14-23(24)40-17-26(34)37-6)16-25-29(35)33-28(21-11-9-10-12-22(21)41-18(3)4)27(30(36)39-8-2)19(5)32-31(33)42-25/h9-16,18,28H,7-8,17H2,1-6H3/b25-16-/t28-/m1/s1. The van der Waals surface area contributed by atoms with Crippen molar-refractivity contribution < 1.29 is 33.3 Å². The van der Waals surface area contributed by atoms with Gasteiger partial charge in [-0.15, -0.1) is 0 Å². The van der Waals surface area contributed by atoms with E-state index in [2.05, 4.69) is 9.73 Å². The first-order valence-electron chi connectivity index (χ1n) is 13.6. The van der Waals surface area contributed by atoms with Crippen molar-refractivity contribution in [1.82, 2.24) is 4.57 Å². The second kappa shape index (κ2) is 13.5. The van der Waals surface area contributed by atoms with E-state index in [1.165, 1.54) is 23.0 Å². The molecule has 11 heteroatoms. The monoisotopic (exact) mass is 594 g/mol. The lowest BCUT2D eigenvalue weighted by molar-refractivity contribution is -0.143. The highest BCUT2D eigenvalue weighted by molar-refractivity contribution is 7.07. The summed E-state index contributed by atoms with van der Waals surface area (Å²) >= 11 is 1.21. The van der Waals surface area contributed by atoms with Gasteiger partial charge in [-0.25, -0.2) is 14.6 Å². The zero-order valence-corrected chi connectivity index (χ0v) is 25.3. The molecule has 0 N–H and O–H groups in total. The van der Waals surface area contributed by atoms with Crippen molar-refractivity contribution in [3.05, 3.63) is 84.5 Å². The number of esters is 2. The third-order valence-electron chi connectivity index (χ3n) is 6.23. The lowest BCUT2D eigenvalue weighted by atomic mass is 9.95. The van der Waals surface area contributed by atoms with Crippen LogP contribution >= 0.6 is 11.3 Å². The molecule has 1 atom stereocenters. The molecule has 0 amide bonds. The van der Waals surface area contributed by atoms with Crippen molar-refractivity contribution in [1.29, 1.82) is 0 Å². The Bertz CT molecular complexity index is 1690. The summed E-state index contributed by atoms with van der Waals surface area (Å²) in [5.74, 6) is 0.294. The van der Waals surface area contributed by atoms with Crippen LogP contribution in [0.4, 0.5) is 0 Å². The quantitative estimate of drug-likeness (QED) is 0.310. The molecule has 0 spiro atoms. The van der Waals surface area contributed by atoms with Gasteiger partial charge in [0, 0.05) is 5.56 Å².